The van der Waals surface area contributed by atoms with Crippen LogP contribution in [0.1, 0.15) is 0 Å². The molecule has 1 nitrogen and oxygen atoms in total. The van der Waals surface area contributed by atoms with E-state index in [4.69, 9.17) is 11.6 Å². The van der Waals surface area contributed by atoms with E-state index >= 15 is 0 Å². The van der Waals surface area contributed by atoms with Crippen molar-refractivity contribution in [1.29, 1.82) is 0 Å². The Labute approximate surface area is 122 Å². The van der Waals surface area contributed by atoms with Crippen LogP contribution in [0.15, 0.2) is 48.5 Å². The summed E-state index contributed by atoms with van der Waals surface area (Å²) in [7, 11) is 4.16. The second kappa shape index (κ2) is 4.87. The average molecular weight is 288 g/mol. The molecular weight excluding hydrogens is 274 g/mol. The van der Waals surface area contributed by atoms with Gasteiger partial charge in [-0.1, -0.05) is 41.9 Å². The zero-order valence-corrected chi connectivity index (χ0v) is 12.4. The minimum atomic E-state index is 0.785. The summed E-state index contributed by atoms with van der Waals surface area (Å²) in [5.74, 6) is 0. The Hall–Kier alpha value is -1.51. The maximum Gasteiger partial charge on any atom is 0.0630 e. The molecule has 0 aliphatic heterocycles. The SMILES string of the molecule is CN(C)c1c(-c2ccccc2)sc2ccc(Cl)cc12. The largest absolute Gasteiger partial charge is 0.376 e. The lowest BCUT2D eigenvalue weighted by Crippen LogP contribution is -2.08. The lowest BCUT2D eigenvalue weighted by Gasteiger charge is -2.14. The van der Waals surface area contributed by atoms with E-state index in [-0.39, 0.29) is 0 Å². The molecule has 0 saturated heterocycles. The molecule has 96 valence electrons. The van der Waals surface area contributed by atoms with E-state index in [0.29, 0.717) is 0 Å². The van der Waals surface area contributed by atoms with E-state index in [1.807, 2.05) is 23.5 Å². The van der Waals surface area contributed by atoms with Crippen molar-refractivity contribution < 1.29 is 0 Å². The van der Waals surface area contributed by atoms with Gasteiger partial charge in [0.25, 0.3) is 0 Å². The van der Waals surface area contributed by atoms with Crippen molar-refractivity contribution in [2.24, 2.45) is 0 Å². The first-order valence-electron chi connectivity index (χ1n) is 6.11. The Morgan fingerprint density at radius 2 is 1.74 bits per heavy atom. The van der Waals surface area contributed by atoms with Crippen LogP contribution < -0.4 is 4.90 Å². The van der Waals surface area contributed by atoms with Crippen molar-refractivity contribution in [1.82, 2.24) is 0 Å². The highest BCUT2D eigenvalue weighted by atomic mass is 35.5. The summed E-state index contributed by atoms with van der Waals surface area (Å²) >= 11 is 7.95. The van der Waals surface area contributed by atoms with Gasteiger partial charge in [-0.05, 0) is 23.8 Å². The van der Waals surface area contributed by atoms with Crippen LogP contribution in [0, 0.1) is 0 Å². The van der Waals surface area contributed by atoms with Gasteiger partial charge in [0.05, 0.1) is 10.6 Å². The maximum absolute atomic E-state index is 6.14. The van der Waals surface area contributed by atoms with E-state index in [9.17, 15) is 0 Å². The lowest BCUT2D eigenvalue weighted by atomic mass is 10.1. The van der Waals surface area contributed by atoms with Gasteiger partial charge in [-0.15, -0.1) is 11.3 Å². The van der Waals surface area contributed by atoms with Crippen LogP contribution in [-0.4, -0.2) is 14.1 Å². The van der Waals surface area contributed by atoms with Gasteiger partial charge in [-0.25, -0.2) is 0 Å². The van der Waals surface area contributed by atoms with Crippen molar-refractivity contribution in [2.75, 3.05) is 19.0 Å². The molecule has 0 spiro atoms. The second-order valence-corrected chi connectivity index (χ2v) is 6.17. The van der Waals surface area contributed by atoms with Gasteiger partial charge in [-0.3, -0.25) is 0 Å². The minimum Gasteiger partial charge on any atom is -0.376 e. The van der Waals surface area contributed by atoms with Crippen LogP contribution in [0.5, 0.6) is 0 Å². The number of nitrogens with zero attached hydrogens (tertiary/aromatic N) is 1. The summed E-state index contributed by atoms with van der Waals surface area (Å²) in [5, 5.41) is 2.01. The molecule has 0 aliphatic rings. The fourth-order valence-electron chi connectivity index (χ4n) is 2.29. The van der Waals surface area contributed by atoms with Crippen molar-refractivity contribution in [3.63, 3.8) is 0 Å². The predicted octanol–water partition coefficient (Wildman–Crippen LogP) is 5.29. The van der Waals surface area contributed by atoms with Gasteiger partial charge in [0.2, 0.25) is 0 Å². The summed E-state index contributed by atoms with van der Waals surface area (Å²) in [6.07, 6.45) is 0. The standard InChI is InChI=1S/C16H14ClNS/c1-18(2)15-13-10-12(17)8-9-14(13)19-16(15)11-6-4-3-5-7-11/h3-10H,1-2H3. The highest BCUT2D eigenvalue weighted by Crippen LogP contribution is 2.44. The molecule has 0 N–H and O–H groups in total. The van der Waals surface area contributed by atoms with Crippen LogP contribution in [0.2, 0.25) is 5.02 Å². The van der Waals surface area contributed by atoms with Crippen LogP contribution in [0.3, 0.4) is 0 Å². The van der Waals surface area contributed by atoms with Crippen LogP contribution in [0.25, 0.3) is 20.5 Å². The van der Waals surface area contributed by atoms with Crippen LogP contribution in [-0.2, 0) is 0 Å². The predicted molar refractivity (Wildman–Crippen MR) is 86.6 cm³/mol. The molecule has 0 aliphatic carbocycles. The number of hydrogen-bond acceptors (Lipinski definition) is 2. The number of halogens is 1. The fourth-order valence-corrected chi connectivity index (χ4v) is 3.72. The van der Waals surface area contributed by atoms with Gasteiger partial charge in [0.15, 0.2) is 0 Å². The Balaban J connectivity index is 2.33. The fraction of sp³-hybridized carbons (Fsp3) is 0.125. The van der Waals surface area contributed by atoms with Gasteiger partial charge >= 0.3 is 0 Å². The highest BCUT2D eigenvalue weighted by molar-refractivity contribution is 7.23. The summed E-state index contributed by atoms with van der Waals surface area (Å²) in [4.78, 5) is 3.46. The topological polar surface area (TPSA) is 3.24 Å². The van der Waals surface area contributed by atoms with Crippen LogP contribution >= 0.6 is 22.9 Å². The molecule has 3 rings (SSSR count). The summed E-state index contributed by atoms with van der Waals surface area (Å²) in [6.45, 7) is 0. The number of fused-ring (bicyclic) bond motifs is 1. The molecule has 0 atom stereocenters. The van der Waals surface area contributed by atoms with E-state index in [1.165, 1.54) is 26.2 Å². The Morgan fingerprint density at radius 1 is 1.00 bits per heavy atom. The number of benzene rings is 2. The summed E-state index contributed by atoms with van der Waals surface area (Å²) < 4.78 is 1.27. The second-order valence-electron chi connectivity index (χ2n) is 4.68. The normalized spacial score (nSPS) is 10.9. The van der Waals surface area contributed by atoms with E-state index in [1.54, 1.807) is 0 Å². The summed E-state index contributed by atoms with van der Waals surface area (Å²) in [5.41, 5.74) is 2.50. The van der Waals surface area contributed by atoms with Gasteiger partial charge in [-0.2, -0.15) is 0 Å². The monoisotopic (exact) mass is 287 g/mol. The molecule has 1 heterocycles. The molecule has 3 heteroatoms. The number of hydrogen-bond donors (Lipinski definition) is 0. The van der Waals surface area contributed by atoms with Gasteiger partial charge < -0.3 is 4.90 Å². The molecule has 1 aromatic heterocycles. The molecule has 0 amide bonds. The zero-order valence-electron chi connectivity index (χ0n) is 10.9. The quantitative estimate of drug-likeness (QED) is 0.619. The summed E-state index contributed by atoms with van der Waals surface area (Å²) in [6, 6.07) is 16.6. The van der Waals surface area contributed by atoms with Crippen LogP contribution in [0.4, 0.5) is 5.69 Å². The number of thiophene rings is 1. The van der Waals surface area contributed by atoms with Gasteiger partial charge in [0, 0.05) is 29.2 Å². The third-order valence-corrected chi connectivity index (χ3v) is 4.55. The minimum absolute atomic E-state index is 0.785. The molecule has 0 saturated carbocycles. The Kier molecular flexibility index (Phi) is 3.21. The van der Waals surface area contributed by atoms with Crippen molar-refractivity contribution >= 4 is 38.7 Å². The Morgan fingerprint density at radius 3 is 2.42 bits per heavy atom. The molecule has 19 heavy (non-hydrogen) atoms. The molecule has 0 bridgehead atoms. The number of anilines is 1. The molecule has 2 aromatic carbocycles. The van der Waals surface area contributed by atoms with E-state index in [0.717, 1.165) is 5.02 Å². The molecule has 3 aromatic rings. The molecule has 0 unspecified atom stereocenters. The Bertz CT molecular complexity index is 716. The third-order valence-electron chi connectivity index (χ3n) is 3.11. The average Bonchev–Trinajstić information content (AvgIpc) is 2.78. The van der Waals surface area contributed by atoms with E-state index in [2.05, 4.69) is 55.4 Å². The molecule has 0 fully saturated rings. The highest BCUT2D eigenvalue weighted by Gasteiger charge is 2.15. The number of rotatable bonds is 2. The first kappa shape index (κ1) is 12.5. The maximum atomic E-state index is 6.14. The van der Waals surface area contributed by atoms with E-state index < -0.39 is 0 Å². The van der Waals surface area contributed by atoms with Crippen molar-refractivity contribution in [3.05, 3.63) is 53.6 Å². The smallest absolute Gasteiger partial charge is 0.0630 e. The lowest BCUT2D eigenvalue weighted by molar-refractivity contribution is 1.15. The van der Waals surface area contributed by atoms with Gasteiger partial charge in [0.1, 0.15) is 0 Å². The zero-order chi connectivity index (χ0) is 13.4. The first-order valence-corrected chi connectivity index (χ1v) is 7.31. The first-order chi connectivity index (χ1) is 9.16. The van der Waals surface area contributed by atoms with Crippen molar-refractivity contribution in [2.45, 2.75) is 0 Å². The molecular formula is C16H14ClNS. The van der Waals surface area contributed by atoms with Crippen molar-refractivity contribution in [3.8, 4) is 10.4 Å². The third kappa shape index (κ3) is 2.22. The molecule has 0 radical (unpaired) electrons.